The summed E-state index contributed by atoms with van der Waals surface area (Å²) in [5.74, 6) is 0. The maximum Gasteiger partial charge on any atom is 0.189 e. The zero-order chi connectivity index (χ0) is 13.2. The smallest absolute Gasteiger partial charge is 0.189 e. The number of ether oxygens (including phenoxy) is 2. The topological polar surface area (TPSA) is 51.6 Å². The second-order valence-corrected chi connectivity index (χ2v) is 4.36. The Bertz CT molecular complexity index is 535. The number of fused-ring (bicyclic) bond motifs is 1. The van der Waals surface area contributed by atoms with Crippen LogP contribution in [0.2, 0.25) is 0 Å². The minimum Gasteiger partial charge on any atom is -0.380 e. The molecular weight excluding hydrogens is 230 g/mol. The molecule has 0 radical (unpaired) electrons. The molecule has 1 atom stereocenters. The maximum atomic E-state index is 10.5. The average molecular weight is 247 g/mol. The van der Waals surface area contributed by atoms with Gasteiger partial charge in [0, 0.05) is 25.8 Å². The van der Waals surface area contributed by atoms with Gasteiger partial charge in [0.2, 0.25) is 0 Å². The molecule has 0 aliphatic carbocycles. The fourth-order valence-electron chi connectivity index (χ4n) is 2.08. The molecule has 96 valence electrons. The summed E-state index contributed by atoms with van der Waals surface area (Å²) in [6.07, 6.45) is 1.03. The third kappa shape index (κ3) is 2.22. The standard InChI is InChI=1S/C14H17NO3/c1-14(16,13(17-2)18-3)11-6-7-12-10(9-11)5-4-8-15-12/h4-9,13,16H,1-3H3. The molecule has 2 aromatic rings. The highest BCUT2D eigenvalue weighted by Crippen LogP contribution is 2.28. The summed E-state index contributed by atoms with van der Waals surface area (Å²) in [5.41, 5.74) is 0.410. The molecule has 0 saturated heterocycles. The predicted molar refractivity (Wildman–Crippen MR) is 69.1 cm³/mol. The molecule has 1 unspecified atom stereocenters. The molecule has 18 heavy (non-hydrogen) atoms. The van der Waals surface area contributed by atoms with E-state index in [1.165, 1.54) is 14.2 Å². The molecular formula is C14H17NO3. The van der Waals surface area contributed by atoms with Gasteiger partial charge in [0.15, 0.2) is 6.29 Å². The Hall–Kier alpha value is -1.49. The quantitative estimate of drug-likeness (QED) is 0.840. The summed E-state index contributed by atoms with van der Waals surface area (Å²) in [7, 11) is 3.01. The molecule has 0 aliphatic heterocycles. The summed E-state index contributed by atoms with van der Waals surface area (Å²) in [6, 6.07) is 9.43. The Kier molecular flexibility index (Phi) is 3.61. The Labute approximate surface area is 106 Å². The van der Waals surface area contributed by atoms with Gasteiger partial charge in [-0.3, -0.25) is 4.98 Å². The Balaban J connectivity index is 2.46. The van der Waals surface area contributed by atoms with Crippen molar-refractivity contribution in [1.82, 2.24) is 4.98 Å². The number of hydrogen-bond acceptors (Lipinski definition) is 4. The number of aromatic nitrogens is 1. The van der Waals surface area contributed by atoms with Crippen LogP contribution in [0.15, 0.2) is 36.5 Å². The first-order chi connectivity index (χ1) is 8.59. The zero-order valence-electron chi connectivity index (χ0n) is 10.8. The Morgan fingerprint density at radius 3 is 2.61 bits per heavy atom. The van der Waals surface area contributed by atoms with Crippen molar-refractivity contribution < 1.29 is 14.6 Å². The van der Waals surface area contributed by atoms with Crippen molar-refractivity contribution in [3.05, 3.63) is 42.1 Å². The summed E-state index contributed by atoms with van der Waals surface area (Å²) in [6.45, 7) is 1.67. The van der Waals surface area contributed by atoms with Gasteiger partial charge in [-0.05, 0) is 30.7 Å². The van der Waals surface area contributed by atoms with E-state index in [1.807, 2.05) is 30.3 Å². The van der Waals surface area contributed by atoms with Crippen LogP contribution < -0.4 is 0 Å². The van der Waals surface area contributed by atoms with E-state index in [4.69, 9.17) is 9.47 Å². The minimum absolute atomic E-state index is 0.716. The van der Waals surface area contributed by atoms with Gasteiger partial charge in [-0.15, -0.1) is 0 Å². The SMILES string of the molecule is COC(OC)C(C)(O)c1ccc2ncccc2c1. The second-order valence-electron chi connectivity index (χ2n) is 4.36. The van der Waals surface area contributed by atoms with Crippen LogP contribution in [-0.2, 0) is 15.1 Å². The molecule has 1 heterocycles. The van der Waals surface area contributed by atoms with E-state index in [2.05, 4.69) is 4.98 Å². The summed E-state index contributed by atoms with van der Waals surface area (Å²) in [4.78, 5) is 4.25. The Morgan fingerprint density at radius 1 is 1.22 bits per heavy atom. The second kappa shape index (κ2) is 5.02. The lowest BCUT2D eigenvalue weighted by molar-refractivity contribution is -0.213. The lowest BCUT2D eigenvalue weighted by Crippen LogP contribution is -2.39. The van der Waals surface area contributed by atoms with Crippen molar-refractivity contribution in [2.45, 2.75) is 18.8 Å². The summed E-state index contributed by atoms with van der Waals surface area (Å²) < 4.78 is 10.3. The third-order valence-electron chi connectivity index (χ3n) is 3.07. The van der Waals surface area contributed by atoms with Gasteiger partial charge in [-0.25, -0.2) is 0 Å². The van der Waals surface area contributed by atoms with E-state index in [0.717, 1.165) is 16.5 Å². The van der Waals surface area contributed by atoms with E-state index in [9.17, 15) is 5.11 Å². The number of hydrogen-bond donors (Lipinski definition) is 1. The number of rotatable bonds is 4. The molecule has 4 heteroatoms. The van der Waals surface area contributed by atoms with Gasteiger partial charge >= 0.3 is 0 Å². The first-order valence-corrected chi connectivity index (χ1v) is 5.73. The van der Waals surface area contributed by atoms with Gasteiger partial charge < -0.3 is 14.6 Å². The molecule has 1 N–H and O–H groups in total. The largest absolute Gasteiger partial charge is 0.380 e. The van der Waals surface area contributed by atoms with Crippen molar-refractivity contribution in [1.29, 1.82) is 0 Å². The van der Waals surface area contributed by atoms with E-state index >= 15 is 0 Å². The monoisotopic (exact) mass is 247 g/mol. The fraction of sp³-hybridized carbons (Fsp3) is 0.357. The van der Waals surface area contributed by atoms with Crippen LogP contribution in [-0.4, -0.2) is 30.6 Å². The molecule has 4 nitrogen and oxygen atoms in total. The minimum atomic E-state index is -1.21. The van der Waals surface area contributed by atoms with Crippen molar-refractivity contribution in [3.8, 4) is 0 Å². The van der Waals surface area contributed by atoms with Crippen LogP contribution in [0.25, 0.3) is 10.9 Å². The molecule has 0 fully saturated rings. The molecule has 1 aromatic heterocycles. The van der Waals surface area contributed by atoms with Crippen LogP contribution in [0, 0.1) is 0 Å². The highest BCUT2D eigenvalue weighted by molar-refractivity contribution is 5.79. The van der Waals surface area contributed by atoms with Crippen LogP contribution >= 0.6 is 0 Å². The highest BCUT2D eigenvalue weighted by Gasteiger charge is 2.34. The average Bonchev–Trinajstić information content (AvgIpc) is 2.39. The molecule has 0 saturated carbocycles. The van der Waals surface area contributed by atoms with Gasteiger partial charge in [0.25, 0.3) is 0 Å². The van der Waals surface area contributed by atoms with E-state index in [1.54, 1.807) is 13.1 Å². The third-order valence-corrected chi connectivity index (χ3v) is 3.07. The van der Waals surface area contributed by atoms with Crippen LogP contribution in [0.5, 0.6) is 0 Å². The van der Waals surface area contributed by atoms with Crippen molar-refractivity contribution >= 4 is 10.9 Å². The normalized spacial score (nSPS) is 14.9. The van der Waals surface area contributed by atoms with Gasteiger partial charge in [-0.1, -0.05) is 12.1 Å². The molecule has 0 spiro atoms. The van der Waals surface area contributed by atoms with Crippen LogP contribution in [0.4, 0.5) is 0 Å². The van der Waals surface area contributed by atoms with Crippen molar-refractivity contribution in [2.75, 3.05) is 14.2 Å². The van der Waals surface area contributed by atoms with E-state index in [0.29, 0.717) is 0 Å². The van der Waals surface area contributed by atoms with Crippen molar-refractivity contribution in [3.63, 3.8) is 0 Å². The fourth-order valence-corrected chi connectivity index (χ4v) is 2.08. The van der Waals surface area contributed by atoms with Gasteiger partial charge in [0.05, 0.1) is 5.52 Å². The number of aliphatic hydroxyl groups is 1. The molecule has 0 amide bonds. The molecule has 2 rings (SSSR count). The van der Waals surface area contributed by atoms with Gasteiger partial charge in [0.1, 0.15) is 5.60 Å². The number of pyridine rings is 1. The van der Waals surface area contributed by atoms with Crippen LogP contribution in [0.3, 0.4) is 0 Å². The van der Waals surface area contributed by atoms with Crippen molar-refractivity contribution in [2.24, 2.45) is 0 Å². The molecule has 0 aliphatic rings. The predicted octanol–water partition coefficient (Wildman–Crippen LogP) is 2.06. The number of nitrogens with zero attached hydrogens (tertiary/aromatic N) is 1. The van der Waals surface area contributed by atoms with E-state index < -0.39 is 11.9 Å². The number of benzene rings is 1. The maximum absolute atomic E-state index is 10.5. The molecule has 0 bridgehead atoms. The lowest BCUT2D eigenvalue weighted by atomic mass is 9.94. The summed E-state index contributed by atoms with van der Waals surface area (Å²) in [5, 5.41) is 11.5. The lowest BCUT2D eigenvalue weighted by Gasteiger charge is -2.31. The van der Waals surface area contributed by atoms with Gasteiger partial charge in [-0.2, -0.15) is 0 Å². The Morgan fingerprint density at radius 2 is 1.94 bits per heavy atom. The molecule has 1 aromatic carbocycles. The summed E-state index contributed by atoms with van der Waals surface area (Å²) >= 11 is 0. The number of methoxy groups -OCH3 is 2. The zero-order valence-corrected chi connectivity index (χ0v) is 10.8. The van der Waals surface area contributed by atoms with E-state index in [-0.39, 0.29) is 0 Å². The van der Waals surface area contributed by atoms with Crippen LogP contribution in [0.1, 0.15) is 12.5 Å². The first-order valence-electron chi connectivity index (χ1n) is 5.73. The first kappa shape index (κ1) is 13.0. The highest BCUT2D eigenvalue weighted by atomic mass is 16.7.